The predicted octanol–water partition coefficient (Wildman–Crippen LogP) is 1.10. The van der Waals surface area contributed by atoms with E-state index < -0.39 is 39.7 Å². The second-order valence-electron chi connectivity index (χ2n) is 7.39. The fraction of sp³-hybridized carbons (Fsp3) is 0.526. The van der Waals surface area contributed by atoms with Crippen molar-refractivity contribution in [1.82, 2.24) is 5.32 Å². The van der Waals surface area contributed by atoms with E-state index in [1.54, 1.807) is 44.2 Å². The lowest BCUT2D eigenvalue weighted by Gasteiger charge is -2.36. The molecule has 1 heterocycles. The molecular weight excluding hydrogens is 402 g/mol. The molecule has 9 nitrogen and oxygen atoms in total. The number of carbonyl (C=O) groups excluding carboxylic acids is 3. The standard InChI is InChI=1S/C19H25NO8S/c1-13(21)20-10-7-11-29(24,25)26-12-19(2,3)16-18(23)27-15(17(22)28-16)14-8-5-4-6-9-14/h4-6,8-9,15-16H,7,10-12H2,1-3H3,(H,20,21)/t15?,16-/m0/s1. The lowest BCUT2D eigenvalue weighted by Crippen LogP contribution is -2.49. The molecule has 0 bridgehead atoms. The summed E-state index contributed by atoms with van der Waals surface area (Å²) in [6.45, 7) is 4.25. The van der Waals surface area contributed by atoms with Crippen molar-refractivity contribution in [2.24, 2.45) is 5.41 Å². The lowest BCUT2D eigenvalue weighted by molar-refractivity contribution is -0.205. The molecule has 1 aromatic rings. The van der Waals surface area contributed by atoms with Gasteiger partial charge in [0.05, 0.1) is 12.4 Å². The summed E-state index contributed by atoms with van der Waals surface area (Å²) in [6, 6.07) is 8.45. The van der Waals surface area contributed by atoms with Crippen LogP contribution in [0.4, 0.5) is 0 Å². The Morgan fingerprint density at radius 3 is 2.41 bits per heavy atom. The molecule has 1 saturated heterocycles. The lowest BCUT2D eigenvalue weighted by atomic mass is 9.86. The monoisotopic (exact) mass is 427 g/mol. The summed E-state index contributed by atoms with van der Waals surface area (Å²) in [4.78, 5) is 35.6. The first kappa shape index (κ1) is 22.8. The van der Waals surface area contributed by atoms with Gasteiger partial charge in [0.2, 0.25) is 18.1 Å². The van der Waals surface area contributed by atoms with Crippen molar-refractivity contribution in [3.8, 4) is 0 Å². The van der Waals surface area contributed by atoms with Crippen LogP contribution in [0.15, 0.2) is 30.3 Å². The van der Waals surface area contributed by atoms with E-state index in [1.165, 1.54) is 6.92 Å². The molecule has 0 aliphatic carbocycles. The second kappa shape index (κ2) is 9.36. The number of carbonyl (C=O) groups is 3. The average Bonchev–Trinajstić information content (AvgIpc) is 2.66. The van der Waals surface area contributed by atoms with Crippen molar-refractivity contribution in [3.63, 3.8) is 0 Å². The van der Waals surface area contributed by atoms with E-state index in [4.69, 9.17) is 13.7 Å². The van der Waals surface area contributed by atoms with Gasteiger partial charge in [0.1, 0.15) is 0 Å². The molecule has 0 saturated carbocycles. The Hall–Kier alpha value is -2.46. The van der Waals surface area contributed by atoms with Gasteiger partial charge in [-0.3, -0.25) is 8.98 Å². The van der Waals surface area contributed by atoms with Gasteiger partial charge in [-0.05, 0) is 6.42 Å². The number of nitrogens with one attached hydrogen (secondary N) is 1. The molecule has 0 radical (unpaired) electrons. The molecule has 2 rings (SSSR count). The van der Waals surface area contributed by atoms with Gasteiger partial charge in [0, 0.05) is 24.4 Å². The minimum Gasteiger partial charge on any atom is -0.447 e. The minimum absolute atomic E-state index is 0.182. The third kappa shape index (κ3) is 6.53. The van der Waals surface area contributed by atoms with Crippen LogP contribution < -0.4 is 5.32 Å². The normalized spacial score (nSPS) is 20.0. The van der Waals surface area contributed by atoms with Crippen molar-refractivity contribution in [2.45, 2.75) is 39.4 Å². The summed E-state index contributed by atoms with van der Waals surface area (Å²) in [7, 11) is -3.88. The highest BCUT2D eigenvalue weighted by Crippen LogP contribution is 2.33. The minimum atomic E-state index is -3.88. The quantitative estimate of drug-likeness (QED) is 0.353. The molecule has 1 unspecified atom stereocenters. The molecule has 0 aromatic heterocycles. The van der Waals surface area contributed by atoms with Gasteiger partial charge in [0.25, 0.3) is 10.1 Å². The van der Waals surface area contributed by atoms with E-state index in [0.29, 0.717) is 5.56 Å². The Morgan fingerprint density at radius 2 is 1.79 bits per heavy atom. The highest BCUT2D eigenvalue weighted by Gasteiger charge is 2.47. The topological polar surface area (TPSA) is 125 Å². The Kier molecular flexibility index (Phi) is 7.37. The fourth-order valence-electron chi connectivity index (χ4n) is 2.65. The summed E-state index contributed by atoms with van der Waals surface area (Å²) in [6.07, 6.45) is -2.28. The van der Waals surface area contributed by atoms with Crippen LogP contribution in [0, 0.1) is 5.41 Å². The largest absolute Gasteiger partial charge is 0.447 e. The first-order valence-electron chi connectivity index (χ1n) is 9.09. The molecule has 10 heteroatoms. The maximum Gasteiger partial charge on any atom is 0.353 e. The van der Waals surface area contributed by atoms with Crippen LogP contribution in [-0.4, -0.2) is 51.3 Å². The van der Waals surface area contributed by atoms with Gasteiger partial charge in [-0.15, -0.1) is 0 Å². The van der Waals surface area contributed by atoms with E-state index in [9.17, 15) is 22.8 Å². The Labute approximate surface area is 169 Å². The maximum absolute atomic E-state index is 12.4. The highest BCUT2D eigenvalue weighted by atomic mass is 32.2. The van der Waals surface area contributed by atoms with Crippen LogP contribution in [-0.2, 0) is 38.2 Å². The fourth-order valence-corrected chi connectivity index (χ4v) is 3.75. The van der Waals surface area contributed by atoms with E-state index >= 15 is 0 Å². The molecule has 0 spiro atoms. The highest BCUT2D eigenvalue weighted by molar-refractivity contribution is 7.86. The molecular formula is C19H25NO8S. The zero-order valence-corrected chi connectivity index (χ0v) is 17.4. The number of hydrogen-bond acceptors (Lipinski definition) is 8. The zero-order valence-electron chi connectivity index (χ0n) is 16.5. The first-order valence-corrected chi connectivity index (χ1v) is 10.7. The summed E-state index contributed by atoms with van der Waals surface area (Å²) >= 11 is 0. The smallest absolute Gasteiger partial charge is 0.353 e. The Morgan fingerprint density at radius 1 is 1.14 bits per heavy atom. The molecule has 29 heavy (non-hydrogen) atoms. The molecule has 1 N–H and O–H groups in total. The van der Waals surface area contributed by atoms with E-state index in [-0.39, 0.29) is 31.2 Å². The molecule has 1 aliphatic heterocycles. The van der Waals surface area contributed by atoms with Crippen molar-refractivity contribution in [1.29, 1.82) is 0 Å². The zero-order chi connectivity index (χ0) is 21.7. The third-order valence-corrected chi connectivity index (χ3v) is 5.53. The number of hydrogen-bond donors (Lipinski definition) is 1. The van der Waals surface area contributed by atoms with Crippen LogP contribution in [0.2, 0.25) is 0 Å². The van der Waals surface area contributed by atoms with Crippen molar-refractivity contribution < 1.29 is 36.5 Å². The Balaban J connectivity index is 1.94. The summed E-state index contributed by atoms with van der Waals surface area (Å²) in [5.41, 5.74) is -0.654. The average molecular weight is 427 g/mol. The van der Waals surface area contributed by atoms with E-state index in [2.05, 4.69) is 5.32 Å². The van der Waals surface area contributed by atoms with Crippen LogP contribution in [0.25, 0.3) is 0 Å². The van der Waals surface area contributed by atoms with Crippen LogP contribution >= 0.6 is 0 Å². The molecule has 1 aromatic carbocycles. The van der Waals surface area contributed by atoms with Gasteiger partial charge in [-0.25, -0.2) is 9.59 Å². The molecule has 1 aliphatic rings. The number of cyclic esters (lactones) is 2. The van der Waals surface area contributed by atoms with E-state index in [0.717, 1.165) is 0 Å². The van der Waals surface area contributed by atoms with Crippen molar-refractivity contribution >= 4 is 28.0 Å². The number of amides is 1. The number of rotatable bonds is 9. The molecule has 1 amide bonds. The number of benzene rings is 1. The first-order chi connectivity index (χ1) is 13.5. The van der Waals surface area contributed by atoms with Crippen molar-refractivity contribution in [3.05, 3.63) is 35.9 Å². The summed E-state index contributed by atoms with van der Waals surface area (Å²) in [5, 5.41) is 2.49. The molecule has 160 valence electrons. The van der Waals surface area contributed by atoms with Crippen LogP contribution in [0.3, 0.4) is 0 Å². The van der Waals surface area contributed by atoms with Crippen LogP contribution in [0.5, 0.6) is 0 Å². The van der Waals surface area contributed by atoms with E-state index in [1.807, 2.05) is 0 Å². The van der Waals surface area contributed by atoms with Gasteiger partial charge >= 0.3 is 11.9 Å². The Bertz CT molecular complexity index is 850. The summed E-state index contributed by atoms with van der Waals surface area (Å²) < 4.78 is 39.6. The number of ether oxygens (including phenoxy) is 2. The van der Waals surface area contributed by atoms with Gasteiger partial charge in [0.15, 0.2) is 0 Å². The molecule has 1 fully saturated rings. The predicted molar refractivity (Wildman–Crippen MR) is 102 cm³/mol. The maximum atomic E-state index is 12.4. The van der Waals surface area contributed by atoms with Gasteiger partial charge < -0.3 is 14.8 Å². The SMILES string of the molecule is CC(=O)NCCCS(=O)(=O)OCC(C)(C)[C@H]1OC(=O)C(c2ccccc2)OC1=O. The number of esters is 2. The van der Waals surface area contributed by atoms with Crippen molar-refractivity contribution in [2.75, 3.05) is 18.9 Å². The molecule has 2 atom stereocenters. The second-order valence-corrected chi connectivity index (χ2v) is 9.15. The summed E-state index contributed by atoms with van der Waals surface area (Å²) in [5.74, 6) is -2.05. The third-order valence-electron chi connectivity index (χ3n) is 4.26. The van der Waals surface area contributed by atoms with Gasteiger partial charge in [-0.2, -0.15) is 8.42 Å². The van der Waals surface area contributed by atoms with Crippen LogP contribution in [0.1, 0.15) is 38.9 Å². The van der Waals surface area contributed by atoms with Gasteiger partial charge in [-0.1, -0.05) is 44.2 Å².